The summed E-state index contributed by atoms with van der Waals surface area (Å²) in [4.78, 5) is 6.20. The fourth-order valence-electron chi connectivity index (χ4n) is 2.94. The summed E-state index contributed by atoms with van der Waals surface area (Å²) in [7, 11) is -2.93. The van der Waals surface area contributed by atoms with Gasteiger partial charge in [0.05, 0.1) is 16.7 Å². The van der Waals surface area contributed by atoms with Crippen molar-refractivity contribution < 1.29 is 8.42 Å². The fraction of sp³-hybridized carbons (Fsp3) is 0.500. The third kappa shape index (κ3) is 3.61. The van der Waals surface area contributed by atoms with E-state index in [1.807, 2.05) is 13.0 Å². The molecule has 1 saturated heterocycles. The highest BCUT2D eigenvalue weighted by molar-refractivity contribution is 7.92. The summed E-state index contributed by atoms with van der Waals surface area (Å²) in [5.74, 6) is 0.254. The molecule has 1 aromatic carbocycles. The molecule has 2 aromatic rings. The van der Waals surface area contributed by atoms with Gasteiger partial charge in [-0.2, -0.15) is 5.10 Å². The SMILES string of the molecule is Cc1cc(CN2CC[C@H](C)S(=O)(=O)CC2)ccc1-n1cncn1. The van der Waals surface area contributed by atoms with Gasteiger partial charge in [-0.3, -0.25) is 4.90 Å². The van der Waals surface area contributed by atoms with Crippen LogP contribution >= 0.6 is 0 Å². The molecule has 6 nitrogen and oxygen atoms in total. The quantitative estimate of drug-likeness (QED) is 0.852. The van der Waals surface area contributed by atoms with E-state index in [1.165, 1.54) is 11.9 Å². The lowest BCUT2D eigenvalue weighted by atomic mass is 10.1. The van der Waals surface area contributed by atoms with Gasteiger partial charge in [0, 0.05) is 13.1 Å². The Bertz CT molecular complexity index is 771. The number of aryl methyl sites for hydroxylation is 1. The molecular weight excluding hydrogens is 312 g/mol. The van der Waals surface area contributed by atoms with Crippen molar-refractivity contribution in [1.29, 1.82) is 0 Å². The van der Waals surface area contributed by atoms with Gasteiger partial charge in [0.2, 0.25) is 0 Å². The molecule has 1 aromatic heterocycles. The zero-order chi connectivity index (χ0) is 16.4. The molecular formula is C16H22N4O2S. The van der Waals surface area contributed by atoms with E-state index in [-0.39, 0.29) is 11.0 Å². The molecule has 1 atom stereocenters. The Morgan fingerprint density at radius 1 is 1.30 bits per heavy atom. The molecule has 0 aliphatic carbocycles. The molecule has 0 unspecified atom stereocenters. The van der Waals surface area contributed by atoms with Crippen molar-refractivity contribution in [2.75, 3.05) is 18.8 Å². The first-order chi connectivity index (χ1) is 11.0. The van der Waals surface area contributed by atoms with Crippen molar-refractivity contribution in [3.05, 3.63) is 42.0 Å². The van der Waals surface area contributed by atoms with Crippen LogP contribution in [0.1, 0.15) is 24.5 Å². The lowest BCUT2D eigenvalue weighted by Crippen LogP contribution is -2.26. The van der Waals surface area contributed by atoms with E-state index in [9.17, 15) is 8.42 Å². The number of hydrogen-bond acceptors (Lipinski definition) is 5. The molecule has 2 heterocycles. The third-order valence-corrected chi connectivity index (χ3v) is 6.70. The molecule has 1 fully saturated rings. The van der Waals surface area contributed by atoms with Gasteiger partial charge in [0.15, 0.2) is 9.84 Å². The first-order valence-corrected chi connectivity index (χ1v) is 9.56. The normalized spacial score (nSPS) is 21.9. The maximum absolute atomic E-state index is 12.0. The summed E-state index contributed by atoms with van der Waals surface area (Å²) < 4.78 is 25.7. The van der Waals surface area contributed by atoms with Crippen LogP contribution < -0.4 is 0 Å². The number of nitrogens with zero attached hydrogens (tertiary/aromatic N) is 4. The van der Waals surface area contributed by atoms with E-state index >= 15 is 0 Å². The number of benzene rings is 1. The van der Waals surface area contributed by atoms with Crippen LogP contribution in [0, 0.1) is 6.92 Å². The Labute approximate surface area is 137 Å². The second-order valence-electron chi connectivity index (χ2n) is 6.20. The second kappa shape index (κ2) is 6.41. The van der Waals surface area contributed by atoms with Crippen molar-refractivity contribution >= 4 is 9.84 Å². The fourth-order valence-corrected chi connectivity index (χ4v) is 4.31. The molecule has 124 valence electrons. The Kier molecular flexibility index (Phi) is 4.50. The summed E-state index contributed by atoms with van der Waals surface area (Å²) in [6.07, 6.45) is 3.91. The largest absolute Gasteiger partial charge is 0.298 e. The molecule has 0 amide bonds. The van der Waals surface area contributed by atoms with Crippen LogP contribution in [0.5, 0.6) is 0 Å². The Hall–Kier alpha value is -1.73. The molecule has 1 aliphatic rings. The summed E-state index contributed by atoms with van der Waals surface area (Å²) in [6, 6.07) is 6.25. The Balaban J connectivity index is 1.72. The van der Waals surface area contributed by atoms with Gasteiger partial charge in [-0.05, 0) is 44.0 Å². The van der Waals surface area contributed by atoms with Gasteiger partial charge in [-0.15, -0.1) is 0 Å². The lowest BCUT2D eigenvalue weighted by Gasteiger charge is -2.20. The van der Waals surface area contributed by atoms with E-state index < -0.39 is 9.84 Å². The Morgan fingerprint density at radius 2 is 2.13 bits per heavy atom. The smallest absolute Gasteiger partial charge is 0.154 e. The average Bonchev–Trinajstić information content (AvgIpc) is 2.99. The molecule has 0 radical (unpaired) electrons. The summed E-state index contributed by atoms with van der Waals surface area (Å²) in [6.45, 7) is 6.08. The molecule has 0 spiro atoms. The molecule has 0 N–H and O–H groups in total. The van der Waals surface area contributed by atoms with Crippen LogP contribution in [-0.4, -0.2) is 52.2 Å². The summed E-state index contributed by atoms with van der Waals surface area (Å²) >= 11 is 0. The highest BCUT2D eigenvalue weighted by Gasteiger charge is 2.26. The van der Waals surface area contributed by atoms with Crippen LogP contribution in [0.4, 0.5) is 0 Å². The maximum atomic E-state index is 12.0. The molecule has 23 heavy (non-hydrogen) atoms. The highest BCUT2D eigenvalue weighted by Crippen LogP contribution is 2.18. The van der Waals surface area contributed by atoms with E-state index in [0.717, 1.165) is 24.3 Å². The van der Waals surface area contributed by atoms with Crippen molar-refractivity contribution in [3.8, 4) is 5.69 Å². The van der Waals surface area contributed by atoms with Crippen molar-refractivity contribution in [3.63, 3.8) is 0 Å². The molecule has 1 aliphatic heterocycles. The lowest BCUT2D eigenvalue weighted by molar-refractivity contribution is 0.283. The monoisotopic (exact) mass is 334 g/mol. The number of aromatic nitrogens is 3. The topological polar surface area (TPSA) is 68.1 Å². The van der Waals surface area contributed by atoms with E-state index in [4.69, 9.17) is 0 Å². The first-order valence-electron chi connectivity index (χ1n) is 7.84. The molecule has 3 rings (SSSR count). The predicted octanol–water partition coefficient (Wildman–Crippen LogP) is 1.58. The first kappa shape index (κ1) is 16.1. The van der Waals surface area contributed by atoms with Crippen molar-refractivity contribution in [2.45, 2.75) is 32.1 Å². The van der Waals surface area contributed by atoms with Gasteiger partial charge < -0.3 is 0 Å². The minimum absolute atomic E-state index is 0.232. The molecule has 0 bridgehead atoms. The number of hydrogen-bond donors (Lipinski definition) is 0. The standard InChI is InChI=1S/C16H22N4O2S/c1-13-9-15(3-4-16(13)20-12-17-11-18-20)10-19-6-5-14(2)23(21,22)8-7-19/h3-4,9,11-12,14H,5-8,10H2,1-2H3/t14-/m0/s1. The second-order valence-corrected chi connectivity index (χ2v) is 8.74. The van der Waals surface area contributed by atoms with Gasteiger partial charge in [0.1, 0.15) is 12.7 Å². The third-order valence-electron chi connectivity index (χ3n) is 4.49. The minimum atomic E-state index is -2.93. The van der Waals surface area contributed by atoms with E-state index in [0.29, 0.717) is 13.0 Å². The molecule has 0 saturated carbocycles. The van der Waals surface area contributed by atoms with Crippen molar-refractivity contribution in [2.24, 2.45) is 0 Å². The molecule has 7 heteroatoms. The van der Waals surface area contributed by atoms with Crippen LogP contribution in [0.2, 0.25) is 0 Å². The number of sulfone groups is 1. The zero-order valence-electron chi connectivity index (χ0n) is 13.5. The van der Waals surface area contributed by atoms with Crippen LogP contribution in [0.25, 0.3) is 5.69 Å². The van der Waals surface area contributed by atoms with Gasteiger partial charge in [0.25, 0.3) is 0 Å². The number of rotatable bonds is 3. The zero-order valence-corrected chi connectivity index (χ0v) is 14.3. The van der Waals surface area contributed by atoms with E-state index in [1.54, 1.807) is 11.0 Å². The highest BCUT2D eigenvalue weighted by atomic mass is 32.2. The Morgan fingerprint density at radius 3 is 2.83 bits per heavy atom. The van der Waals surface area contributed by atoms with Crippen LogP contribution in [0.15, 0.2) is 30.9 Å². The average molecular weight is 334 g/mol. The van der Waals surface area contributed by atoms with Crippen LogP contribution in [-0.2, 0) is 16.4 Å². The minimum Gasteiger partial charge on any atom is -0.298 e. The summed E-state index contributed by atoms with van der Waals surface area (Å²) in [5.41, 5.74) is 3.33. The van der Waals surface area contributed by atoms with Crippen molar-refractivity contribution in [1.82, 2.24) is 19.7 Å². The van der Waals surface area contributed by atoms with Gasteiger partial charge >= 0.3 is 0 Å². The summed E-state index contributed by atoms with van der Waals surface area (Å²) in [5, 5.41) is 3.93. The van der Waals surface area contributed by atoms with E-state index in [2.05, 4.69) is 34.0 Å². The maximum Gasteiger partial charge on any atom is 0.154 e. The van der Waals surface area contributed by atoms with Gasteiger partial charge in [-0.25, -0.2) is 18.1 Å². The van der Waals surface area contributed by atoms with Gasteiger partial charge in [-0.1, -0.05) is 12.1 Å². The predicted molar refractivity (Wildman–Crippen MR) is 89.2 cm³/mol. The van der Waals surface area contributed by atoms with Crippen LogP contribution in [0.3, 0.4) is 0 Å².